The van der Waals surface area contributed by atoms with Gasteiger partial charge in [0.05, 0.1) is 6.20 Å². The molecule has 1 aromatic heterocycles. The van der Waals surface area contributed by atoms with E-state index in [0.29, 0.717) is 5.92 Å². The Hall–Kier alpha value is -0.830. The molecular formula is C9H17N3. The monoisotopic (exact) mass is 167 g/mol. The second-order valence-corrected chi connectivity index (χ2v) is 3.68. The Morgan fingerprint density at radius 2 is 2.17 bits per heavy atom. The van der Waals surface area contributed by atoms with E-state index >= 15 is 0 Å². The Kier molecular flexibility index (Phi) is 2.87. The summed E-state index contributed by atoms with van der Waals surface area (Å²) in [6.45, 7) is 7.28. The minimum absolute atomic E-state index is 0.0888. The van der Waals surface area contributed by atoms with Crippen molar-refractivity contribution in [3.8, 4) is 0 Å². The van der Waals surface area contributed by atoms with Crippen LogP contribution in [0, 0.1) is 5.92 Å². The molecule has 0 saturated carbocycles. The van der Waals surface area contributed by atoms with Crippen LogP contribution in [0.4, 0.5) is 0 Å². The van der Waals surface area contributed by atoms with Gasteiger partial charge in [-0.25, -0.2) is 0 Å². The highest BCUT2D eigenvalue weighted by Crippen LogP contribution is 2.08. The maximum atomic E-state index is 5.70. The molecule has 12 heavy (non-hydrogen) atoms. The van der Waals surface area contributed by atoms with E-state index in [9.17, 15) is 0 Å². The lowest BCUT2D eigenvalue weighted by Gasteiger charge is -2.03. The number of aromatic nitrogens is 2. The van der Waals surface area contributed by atoms with Crippen LogP contribution in [0.15, 0.2) is 12.4 Å². The van der Waals surface area contributed by atoms with E-state index in [2.05, 4.69) is 18.9 Å². The van der Waals surface area contributed by atoms with Gasteiger partial charge >= 0.3 is 0 Å². The van der Waals surface area contributed by atoms with Crippen LogP contribution in [-0.2, 0) is 6.54 Å². The van der Waals surface area contributed by atoms with Gasteiger partial charge < -0.3 is 5.73 Å². The molecule has 0 spiro atoms. The lowest BCUT2D eigenvalue weighted by Crippen LogP contribution is -2.05. The molecule has 1 aromatic rings. The molecule has 0 amide bonds. The number of hydrogen-bond acceptors (Lipinski definition) is 2. The third-order valence-electron chi connectivity index (χ3n) is 1.73. The zero-order valence-electron chi connectivity index (χ0n) is 7.99. The van der Waals surface area contributed by atoms with Crippen molar-refractivity contribution in [3.05, 3.63) is 18.0 Å². The third-order valence-corrected chi connectivity index (χ3v) is 1.73. The summed E-state index contributed by atoms with van der Waals surface area (Å²) in [4.78, 5) is 0. The summed E-state index contributed by atoms with van der Waals surface area (Å²) in [6.07, 6.45) is 3.86. The summed E-state index contributed by atoms with van der Waals surface area (Å²) in [6, 6.07) is 0.0888. The van der Waals surface area contributed by atoms with Gasteiger partial charge in [-0.2, -0.15) is 5.10 Å². The molecule has 1 rings (SSSR count). The minimum Gasteiger partial charge on any atom is -0.324 e. The van der Waals surface area contributed by atoms with Gasteiger partial charge in [-0.05, 0) is 12.8 Å². The minimum atomic E-state index is 0.0888. The van der Waals surface area contributed by atoms with E-state index in [1.807, 2.05) is 24.0 Å². The van der Waals surface area contributed by atoms with Gasteiger partial charge in [0.25, 0.3) is 0 Å². The molecule has 1 atom stereocenters. The predicted octanol–water partition coefficient (Wildman–Crippen LogP) is 1.56. The number of rotatable bonds is 3. The highest BCUT2D eigenvalue weighted by molar-refractivity contribution is 5.08. The number of hydrogen-bond donors (Lipinski definition) is 1. The molecule has 0 bridgehead atoms. The molecule has 0 aliphatic heterocycles. The standard InChI is InChI=1S/C9H17N3/c1-7(2)5-12-6-9(4-11-12)8(3)10/h4,6-8H,5,10H2,1-3H3. The molecule has 0 saturated heterocycles. The Labute approximate surface area is 73.6 Å². The zero-order valence-corrected chi connectivity index (χ0v) is 7.99. The van der Waals surface area contributed by atoms with Crippen molar-refractivity contribution >= 4 is 0 Å². The molecule has 0 radical (unpaired) electrons. The molecule has 2 N–H and O–H groups in total. The van der Waals surface area contributed by atoms with Crippen molar-refractivity contribution in [2.75, 3.05) is 0 Å². The quantitative estimate of drug-likeness (QED) is 0.742. The lowest BCUT2D eigenvalue weighted by atomic mass is 10.2. The topological polar surface area (TPSA) is 43.8 Å². The number of nitrogens with two attached hydrogens (primary N) is 1. The van der Waals surface area contributed by atoms with Crippen LogP contribution < -0.4 is 5.73 Å². The fraction of sp³-hybridized carbons (Fsp3) is 0.667. The van der Waals surface area contributed by atoms with Gasteiger partial charge in [0.15, 0.2) is 0 Å². The fourth-order valence-electron chi connectivity index (χ4n) is 1.09. The average Bonchev–Trinajstić information content (AvgIpc) is 2.34. The Morgan fingerprint density at radius 3 is 2.58 bits per heavy atom. The van der Waals surface area contributed by atoms with Gasteiger partial charge in [-0.3, -0.25) is 4.68 Å². The molecule has 68 valence electrons. The van der Waals surface area contributed by atoms with Crippen molar-refractivity contribution in [2.45, 2.75) is 33.4 Å². The van der Waals surface area contributed by atoms with Gasteiger partial charge in [0, 0.05) is 24.3 Å². The molecule has 0 aliphatic rings. The van der Waals surface area contributed by atoms with Crippen LogP contribution in [0.3, 0.4) is 0 Å². The zero-order chi connectivity index (χ0) is 9.14. The van der Waals surface area contributed by atoms with E-state index in [0.717, 1.165) is 12.1 Å². The first-order valence-electron chi connectivity index (χ1n) is 4.37. The van der Waals surface area contributed by atoms with Gasteiger partial charge in [0.1, 0.15) is 0 Å². The number of nitrogens with zero attached hydrogens (tertiary/aromatic N) is 2. The van der Waals surface area contributed by atoms with Crippen molar-refractivity contribution in [3.63, 3.8) is 0 Å². The second kappa shape index (κ2) is 3.72. The summed E-state index contributed by atoms with van der Waals surface area (Å²) in [5, 5.41) is 4.21. The van der Waals surface area contributed by atoms with Gasteiger partial charge in [-0.1, -0.05) is 13.8 Å². The predicted molar refractivity (Wildman–Crippen MR) is 49.7 cm³/mol. The first kappa shape index (κ1) is 9.26. The van der Waals surface area contributed by atoms with Crippen LogP contribution in [0.25, 0.3) is 0 Å². The second-order valence-electron chi connectivity index (χ2n) is 3.68. The first-order valence-corrected chi connectivity index (χ1v) is 4.37. The Bertz CT molecular complexity index is 238. The van der Waals surface area contributed by atoms with Crippen LogP contribution in [-0.4, -0.2) is 9.78 Å². The van der Waals surface area contributed by atoms with Crippen LogP contribution >= 0.6 is 0 Å². The van der Waals surface area contributed by atoms with E-state index in [-0.39, 0.29) is 6.04 Å². The fourth-order valence-corrected chi connectivity index (χ4v) is 1.09. The molecule has 1 heterocycles. The summed E-state index contributed by atoms with van der Waals surface area (Å²) >= 11 is 0. The average molecular weight is 167 g/mol. The van der Waals surface area contributed by atoms with Crippen molar-refractivity contribution in [1.82, 2.24) is 9.78 Å². The molecule has 3 nitrogen and oxygen atoms in total. The molecule has 1 unspecified atom stereocenters. The van der Waals surface area contributed by atoms with Crippen molar-refractivity contribution in [1.29, 1.82) is 0 Å². The summed E-state index contributed by atoms with van der Waals surface area (Å²) in [5.74, 6) is 0.630. The molecule has 0 fully saturated rings. The van der Waals surface area contributed by atoms with E-state index in [1.54, 1.807) is 0 Å². The summed E-state index contributed by atoms with van der Waals surface area (Å²) < 4.78 is 1.95. The van der Waals surface area contributed by atoms with Crippen LogP contribution in [0.2, 0.25) is 0 Å². The summed E-state index contributed by atoms with van der Waals surface area (Å²) in [5.41, 5.74) is 6.81. The lowest BCUT2D eigenvalue weighted by molar-refractivity contribution is 0.482. The first-order chi connectivity index (χ1) is 5.59. The maximum Gasteiger partial charge on any atom is 0.0537 e. The van der Waals surface area contributed by atoms with Crippen LogP contribution in [0.5, 0.6) is 0 Å². The molecule has 3 heteroatoms. The van der Waals surface area contributed by atoms with E-state index in [1.165, 1.54) is 0 Å². The molecular weight excluding hydrogens is 150 g/mol. The van der Waals surface area contributed by atoms with Crippen molar-refractivity contribution < 1.29 is 0 Å². The van der Waals surface area contributed by atoms with E-state index < -0.39 is 0 Å². The maximum absolute atomic E-state index is 5.70. The highest BCUT2D eigenvalue weighted by atomic mass is 15.3. The molecule has 0 aromatic carbocycles. The smallest absolute Gasteiger partial charge is 0.0537 e. The van der Waals surface area contributed by atoms with Gasteiger partial charge in [0.2, 0.25) is 0 Å². The van der Waals surface area contributed by atoms with E-state index in [4.69, 9.17) is 5.73 Å². The van der Waals surface area contributed by atoms with Crippen LogP contribution in [0.1, 0.15) is 32.4 Å². The third kappa shape index (κ3) is 2.34. The normalized spacial score (nSPS) is 13.8. The largest absolute Gasteiger partial charge is 0.324 e. The van der Waals surface area contributed by atoms with Gasteiger partial charge in [-0.15, -0.1) is 0 Å². The highest BCUT2D eigenvalue weighted by Gasteiger charge is 2.03. The summed E-state index contributed by atoms with van der Waals surface area (Å²) in [7, 11) is 0. The molecule has 0 aliphatic carbocycles. The Balaban J connectivity index is 2.64. The van der Waals surface area contributed by atoms with Crippen molar-refractivity contribution in [2.24, 2.45) is 11.7 Å². The Morgan fingerprint density at radius 1 is 1.50 bits per heavy atom. The SMILES string of the molecule is CC(C)Cn1cc(C(C)N)cn1.